The second-order valence-corrected chi connectivity index (χ2v) is 5.90. The molecule has 0 saturated heterocycles. The van der Waals surface area contributed by atoms with E-state index < -0.39 is 0 Å². The summed E-state index contributed by atoms with van der Waals surface area (Å²) in [5.41, 5.74) is 3.04. The van der Waals surface area contributed by atoms with Gasteiger partial charge < -0.3 is 5.32 Å². The van der Waals surface area contributed by atoms with Crippen molar-refractivity contribution in [3.8, 4) is 6.07 Å². The number of para-hydroxylation sites is 1. The normalized spacial score (nSPS) is 11.7. The van der Waals surface area contributed by atoms with Crippen LogP contribution in [0.15, 0.2) is 51.4 Å². The van der Waals surface area contributed by atoms with E-state index in [-0.39, 0.29) is 6.04 Å². The Labute approximate surface area is 129 Å². The predicted octanol–water partition coefficient (Wildman–Crippen LogP) is 5.20. The maximum absolute atomic E-state index is 9.35. The van der Waals surface area contributed by atoms with Crippen LogP contribution in [-0.4, -0.2) is 0 Å². The van der Waals surface area contributed by atoms with Crippen LogP contribution in [0.4, 0.5) is 5.69 Å². The number of nitrogens with one attached hydrogen (secondary N) is 1. The zero-order valence-corrected chi connectivity index (χ0v) is 13.5. The van der Waals surface area contributed by atoms with Crippen LogP contribution in [0, 0.1) is 18.3 Å². The van der Waals surface area contributed by atoms with Gasteiger partial charge in [0.05, 0.1) is 6.07 Å². The number of nitriles is 1. The summed E-state index contributed by atoms with van der Waals surface area (Å²) in [6.45, 7) is 2.02. The molecule has 1 atom stereocenters. The van der Waals surface area contributed by atoms with Gasteiger partial charge in [0.1, 0.15) is 6.04 Å². The van der Waals surface area contributed by atoms with Crippen LogP contribution in [0.25, 0.3) is 0 Å². The summed E-state index contributed by atoms with van der Waals surface area (Å²) >= 11 is 6.89. The van der Waals surface area contributed by atoms with Crippen molar-refractivity contribution in [1.82, 2.24) is 0 Å². The SMILES string of the molecule is Cc1ccccc1NC(C#N)c1ccc(Br)c(Br)c1. The number of hydrogen-bond donors (Lipinski definition) is 1. The minimum Gasteiger partial charge on any atom is -0.366 e. The zero-order valence-electron chi connectivity index (χ0n) is 10.3. The first-order chi connectivity index (χ1) is 9.11. The summed E-state index contributed by atoms with van der Waals surface area (Å²) in [6.07, 6.45) is 0. The number of anilines is 1. The molecule has 0 spiro atoms. The molecule has 4 heteroatoms. The number of hydrogen-bond acceptors (Lipinski definition) is 2. The maximum Gasteiger partial charge on any atom is 0.140 e. The first kappa shape index (κ1) is 14.1. The lowest BCUT2D eigenvalue weighted by molar-refractivity contribution is 0.991. The van der Waals surface area contributed by atoms with Gasteiger partial charge in [0.2, 0.25) is 0 Å². The van der Waals surface area contributed by atoms with E-state index in [1.807, 2.05) is 49.4 Å². The highest BCUT2D eigenvalue weighted by atomic mass is 79.9. The third kappa shape index (κ3) is 3.37. The van der Waals surface area contributed by atoms with Crippen LogP contribution < -0.4 is 5.32 Å². The molecular formula is C15H12Br2N2. The van der Waals surface area contributed by atoms with Gasteiger partial charge in [-0.15, -0.1) is 0 Å². The largest absolute Gasteiger partial charge is 0.366 e. The Morgan fingerprint density at radius 3 is 2.47 bits per heavy atom. The zero-order chi connectivity index (χ0) is 13.8. The first-order valence-corrected chi connectivity index (χ1v) is 7.37. The smallest absolute Gasteiger partial charge is 0.140 e. The van der Waals surface area contributed by atoms with Gasteiger partial charge in [-0.3, -0.25) is 0 Å². The van der Waals surface area contributed by atoms with Gasteiger partial charge in [0, 0.05) is 14.6 Å². The fraction of sp³-hybridized carbons (Fsp3) is 0.133. The van der Waals surface area contributed by atoms with Gasteiger partial charge in [0.15, 0.2) is 0 Å². The fourth-order valence-corrected chi connectivity index (χ4v) is 2.42. The van der Waals surface area contributed by atoms with Crippen LogP contribution in [0.1, 0.15) is 17.2 Å². The number of rotatable bonds is 3. The van der Waals surface area contributed by atoms with Crippen molar-refractivity contribution >= 4 is 37.5 Å². The van der Waals surface area contributed by atoms with E-state index >= 15 is 0 Å². The molecule has 0 fully saturated rings. The second-order valence-electron chi connectivity index (χ2n) is 4.19. The predicted molar refractivity (Wildman–Crippen MR) is 85.0 cm³/mol. The number of benzene rings is 2. The Morgan fingerprint density at radius 1 is 1.11 bits per heavy atom. The van der Waals surface area contributed by atoms with Crippen LogP contribution >= 0.6 is 31.9 Å². The molecule has 0 bridgehead atoms. The quantitative estimate of drug-likeness (QED) is 0.795. The lowest BCUT2D eigenvalue weighted by atomic mass is 10.1. The van der Waals surface area contributed by atoms with E-state index in [0.29, 0.717) is 0 Å². The van der Waals surface area contributed by atoms with E-state index in [0.717, 1.165) is 25.8 Å². The van der Waals surface area contributed by atoms with Crippen LogP contribution in [-0.2, 0) is 0 Å². The third-order valence-corrected chi connectivity index (χ3v) is 4.73. The molecule has 96 valence electrons. The van der Waals surface area contributed by atoms with Crippen molar-refractivity contribution < 1.29 is 0 Å². The van der Waals surface area contributed by atoms with E-state index in [1.54, 1.807) is 0 Å². The minimum atomic E-state index is -0.370. The molecular weight excluding hydrogens is 368 g/mol. The molecule has 2 nitrogen and oxygen atoms in total. The molecule has 1 N–H and O–H groups in total. The van der Waals surface area contributed by atoms with Gasteiger partial charge in [-0.1, -0.05) is 24.3 Å². The molecule has 2 aromatic rings. The molecule has 19 heavy (non-hydrogen) atoms. The molecule has 0 aliphatic heterocycles. The molecule has 0 aliphatic carbocycles. The van der Waals surface area contributed by atoms with E-state index in [4.69, 9.17) is 0 Å². The Kier molecular flexibility index (Phi) is 4.62. The summed E-state index contributed by atoms with van der Waals surface area (Å²) in [6, 6.07) is 15.7. The van der Waals surface area contributed by atoms with Crippen molar-refractivity contribution in [3.63, 3.8) is 0 Å². The van der Waals surface area contributed by atoms with Gasteiger partial charge in [-0.05, 0) is 68.1 Å². The van der Waals surface area contributed by atoms with E-state index in [9.17, 15) is 5.26 Å². The summed E-state index contributed by atoms with van der Waals surface area (Å²) in [5.74, 6) is 0. The molecule has 0 heterocycles. The van der Waals surface area contributed by atoms with Crippen molar-refractivity contribution in [2.45, 2.75) is 13.0 Å². The van der Waals surface area contributed by atoms with Gasteiger partial charge >= 0.3 is 0 Å². The topological polar surface area (TPSA) is 35.8 Å². The third-order valence-electron chi connectivity index (χ3n) is 2.85. The monoisotopic (exact) mass is 378 g/mol. The standard InChI is InChI=1S/C15H12Br2N2/c1-10-4-2-3-5-14(10)19-15(9-18)11-6-7-12(16)13(17)8-11/h2-8,15,19H,1H3. The molecule has 0 amide bonds. The van der Waals surface area contributed by atoms with Gasteiger partial charge in [-0.2, -0.15) is 5.26 Å². The molecule has 0 aliphatic rings. The Hall–Kier alpha value is -1.31. The van der Waals surface area contributed by atoms with Crippen molar-refractivity contribution in [2.75, 3.05) is 5.32 Å². The summed E-state index contributed by atoms with van der Waals surface area (Å²) in [7, 11) is 0. The van der Waals surface area contributed by atoms with Crippen LogP contribution in [0.3, 0.4) is 0 Å². The molecule has 0 saturated carbocycles. The number of aryl methyl sites for hydroxylation is 1. The number of nitrogens with zero attached hydrogens (tertiary/aromatic N) is 1. The lowest BCUT2D eigenvalue weighted by Gasteiger charge is -2.15. The lowest BCUT2D eigenvalue weighted by Crippen LogP contribution is -2.09. The fourth-order valence-electron chi connectivity index (χ4n) is 1.77. The van der Waals surface area contributed by atoms with Crippen LogP contribution in [0.2, 0.25) is 0 Å². The van der Waals surface area contributed by atoms with Crippen LogP contribution in [0.5, 0.6) is 0 Å². The summed E-state index contributed by atoms with van der Waals surface area (Å²) in [5, 5.41) is 12.6. The summed E-state index contributed by atoms with van der Waals surface area (Å²) in [4.78, 5) is 0. The maximum atomic E-state index is 9.35. The molecule has 1 unspecified atom stereocenters. The van der Waals surface area contributed by atoms with Crippen molar-refractivity contribution in [1.29, 1.82) is 5.26 Å². The molecule has 0 radical (unpaired) electrons. The highest BCUT2D eigenvalue weighted by Gasteiger charge is 2.12. The average molecular weight is 380 g/mol. The van der Waals surface area contributed by atoms with Crippen molar-refractivity contribution in [3.05, 3.63) is 62.5 Å². The second kappa shape index (κ2) is 6.23. The molecule has 2 aromatic carbocycles. The number of halogens is 2. The van der Waals surface area contributed by atoms with Gasteiger partial charge in [-0.25, -0.2) is 0 Å². The highest BCUT2D eigenvalue weighted by molar-refractivity contribution is 9.13. The molecule has 2 rings (SSSR count). The highest BCUT2D eigenvalue weighted by Crippen LogP contribution is 2.28. The van der Waals surface area contributed by atoms with E-state index in [1.165, 1.54) is 0 Å². The Bertz CT molecular complexity index is 632. The average Bonchev–Trinajstić information content (AvgIpc) is 2.41. The van der Waals surface area contributed by atoms with E-state index in [2.05, 4.69) is 43.2 Å². The van der Waals surface area contributed by atoms with Crippen molar-refractivity contribution in [2.24, 2.45) is 0 Å². The minimum absolute atomic E-state index is 0.370. The Balaban J connectivity index is 2.28. The summed E-state index contributed by atoms with van der Waals surface area (Å²) < 4.78 is 1.92. The first-order valence-electron chi connectivity index (χ1n) is 5.78. The van der Waals surface area contributed by atoms with Gasteiger partial charge in [0.25, 0.3) is 0 Å². The molecule has 0 aromatic heterocycles. The Morgan fingerprint density at radius 2 is 1.84 bits per heavy atom.